The molecule has 3 nitrogen and oxygen atoms in total. The molecule has 16 heavy (non-hydrogen) atoms. The van der Waals surface area contributed by atoms with E-state index < -0.39 is 0 Å². The van der Waals surface area contributed by atoms with Gasteiger partial charge < -0.3 is 10.2 Å². The number of ketones is 1. The van der Waals surface area contributed by atoms with Crippen LogP contribution in [0.1, 0.15) is 21.7 Å². The molecule has 0 saturated heterocycles. The Morgan fingerprint density at radius 2 is 2.06 bits per heavy atom. The van der Waals surface area contributed by atoms with Crippen LogP contribution in [0.2, 0.25) is 0 Å². The molecule has 0 amide bonds. The van der Waals surface area contributed by atoms with Crippen molar-refractivity contribution in [1.29, 1.82) is 0 Å². The third kappa shape index (κ3) is 2.02. The van der Waals surface area contributed by atoms with Gasteiger partial charge in [0.1, 0.15) is 12.0 Å². The lowest BCUT2D eigenvalue weighted by molar-refractivity contribution is 0.103. The van der Waals surface area contributed by atoms with E-state index in [0.717, 1.165) is 10.2 Å². The highest BCUT2D eigenvalue weighted by atomic mass is 79.9. The lowest BCUT2D eigenvalue weighted by Crippen LogP contribution is -2.00. The van der Waals surface area contributed by atoms with Gasteiger partial charge in [0.05, 0.1) is 5.56 Å². The monoisotopic (exact) mass is 279 g/mol. The van der Waals surface area contributed by atoms with Crippen LogP contribution < -0.4 is 5.73 Å². The van der Waals surface area contributed by atoms with E-state index >= 15 is 0 Å². The van der Waals surface area contributed by atoms with Gasteiger partial charge in [0.25, 0.3) is 0 Å². The number of hydrogen-bond donors (Lipinski definition) is 1. The third-order valence-electron chi connectivity index (χ3n) is 2.26. The Kier molecular flexibility index (Phi) is 2.83. The minimum Gasteiger partial charge on any atom is -0.469 e. The molecule has 1 aromatic heterocycles. The molecule has 0 fully saturated rings. The van der Waals surface area contributed by atoms with E-state index in [9.17, 15) is 4.79 Å². The maximum atomic E-state index is 12.0. The number of aryl methyl sites for hydroxylation is 1. The van der Waals surface area contributed by atoms with Gasteiger partial charge in [-0.05, 0) is 47.1 Å². The second kappa shape index (κ2) is 4.14. The highest BCUT2D eigenvalue weighted by molar-refractivity contribution is 9.10. The summed E-state index contributed by atoms with van der Waals surface area (Å²) in [5.74, 6) is 0.649. The van der Waals surface area contributed by atoms with Gasteiger partial charge in [-0.25, -0.2) is 0 Å². The van der Waals surface area contributed by atoms with Gasteiger partial charge in [-0.1, -0.05) is 0 Å². The molecule has 0 spiro atoms. The normalized spacial score (nSPS) is 10.4. The Morgan fingerprint density at radius 1 is 1.31 bits per heavy atom. The van der Waals surface area contributed by atoms with Gasteiger partial charge >= 0.3 is 0 Å². The Morgan fingerprint density at radius 3 is 2.62 bits per heavy atom. The molecule has 82 valence electrons. The Hall–Kier alpha value is -1.55. The first-order chi connectivity index (χ1) is 7.58. The van der Waals surface area contributed by atoms with Gasteiger partial charge in [0, 0.05) is 15.7 Å². The first-order valence-corrected chi connectivity index (χ1v) is 5.52. The summed E-state index contributed by atoms with van der Waals surface area (Å²) in [4.78, 5) is 12.0. The summed E-state index contributed by atoms with van der Waals surface area (Å²) in [6, 6.07) is 6.82. The van der Waals surface area contributed by atoms with Crippen LogP contribution in [0.4, 0.5) is 5.69 Å². The summed E-state index contributed by atoms with van der Waals surface area (Å²) in [6.07, 6.45) is 1.46. The number of anilines is 1. The molecule has 0 radical (unpaired) electrons. The molecule has 0 unspecified atom stereocenters. The van der Waals surface area contributed by atoms with Gasteiger partial charge in [0.2, 0.25) is 0 Å². The number of benzene rings is 1. The summed E-state index contributed by atoms with van der Waals surface area (Å²) in [5.41, 5.74) is 7.40. The van der Waals surface area contributed by atoms with Crippen molar-refractivity contribution < 1.29 is 9.21 Å². The van der Waals surface area contributed by atoms with Crippen molar-refractivity contribution in [3.05, 3.63) is 51.9 Å². The quantitative estimate of drug-likeness (QED) is 0.679. The van der Waals surface area contributed by atoms with E-state index in [1.54, 1.807) is 31.2 Å². The smallest absolute Gasteiger partial charge is 0.196 e. The van der Waals surface area contributed by atoms with Gasteiger partial charge in [-0.3, -0.25) is 4.79 Å². The number of carbonyl (C=O) groups excluding carboxylic acids is 1. The molecular weight excluding hydrogens is 270 g/mol. The zero-order valence-electron chi connectivity index (χ0n) is 8.66. The van der Waals surface area contributed by atoms with Crippen LogP contribution in [0.5, 0.6) is 0 Å². The lowest BCUT2D eigenvalue weighted by atomic mass is 10.1. The minimum absolute atomic E-state index is 0.0717. The van der Waals surface area contributed by atoms with Gasteiger partial charge in [0.15, 0.2) is 5.78 Å². The zero-order valence-corrected chi connectivity index (χ0v) is 10.2. The van der Waals surface area contributed by atoms with Crippen molar-refractivity contribution in [2.75, 3.05) is 5.73 Å². The fourth-order valence-corrected chi connectivity index (χ4v) is 1.78. The maximum absolute atomic E-state index is 12.0. The topological polar surface area (TPSA) is 56.2 Å². The van der Waals surface area contributed by atoms with E-state index in [4.69, 9.17) is 10.2 Å². The van der Waals surface area contributed by atoms with Crippen LogP contribution >= 0.6 is 15.9 Å². The minimum atomic E-state index is -0.0717. The van der Waals surface area contributed by atoms with Crippen molar-refractivity contribution in [3.8, 4) is 0 Å². The first kappa shape index (κ1) is 11.0. The predicted molar refractivity (Wildman–Crippen MR) is 65.4 cm³/mol. The molecular formula is C12H10BrNO2. The van der Waals surface area contributed by atoms with Crippen molar-refractivity contribution >= 4 is 27.4 Å². The molecule has 2 rings (SSSR count). The Labute approximate surface area is 101 Å². The molecule has 0 bridgehead atoms. The zero-order chi connectivity index (χ0) is 11.7. The standard InChI is InChI=1S/C12H10BrNO2/c1-7-4-9(6-16-7)12(15)8-2-3-11(14)10(13)5-8/h2-6H,14H2,1H3. The average molecular weight is 280 g/mol. The molecule has 2 aromatic rings. The second-order valence-corrected chi connectivity index (χ2v) is 4.37. The van der Waals surface area contributed by atoms with Gasteiger partial charge in [-0.15, -0.1) is 0 Å². The highest BCUT2D eigenvalue weighted by Gasteiger charge is 2.12. The molecule has 0 aliphatic heterocycles. The summed E-state index contributed by atoms with van der Waals surface area (Å²) in [7, 11) is 0. The van der Waals surface area contributed by atoms with Crippen LogP contribution in [0.15, 0.2) is 39.4 Å². The number of nitrogens with two attached hydrogens (primary N) is 1. The third-order valence-corrected chi connectivity index (χ3v) is 2.94. The first-order valence-electron chi connectivity index (χ1n) is 4.73. The van der Waals surface area contributed by atoms with Gasteiger partial charge in [-0.2, -0.15) is 0 Å². The molecule has 0 aliphatic rings. The fourth-order valence-electron chi connectivity index (χ4n) is 1.40. The highest BCUT2D eigenvalue weighted by Crippen LogP contribution is 2.22. The summed E-state index contributed by atoms with van der Waals surface area (Å²) < 4.78 is 5.82. The number of rotatable bonds is 2. The predicted octanol–water partition coefficient (Wildman–Crippen LogP) is 3.16. The van der Waals surface area contributed by atoms with Crippen LogP contribution in [0.25, 0.3) is 0 Å². The molecule has 1 heterocycles. The number of halogens is 1. The van der Waals surface area contributed by atoms with E-state index in [-0.39, 0.29) is 5.78 Å². The maximum Gasteiger partial charge on any atom is 0.196 e. The van der Waals surface area contributed by atoms with E-state index in [1.807, 2.05) is 0 Å². The fraction of sp³-hybridized carbons (Fsp3) is 0.0833. The number of carbonyl (C=O) groups is 1. The SMILES string of the molecule is Cc1cc(C(=O)c2ccc(N)c(Br)c2)co1. The molecule has 0 saturated carbocycles. The molecule has 0 aliphatic carbocycles. The lowest BCUT2D eigenvalue weighted by Gasteiger charge is -2.01. The number of nitrogen functional groups attached to an aromatic ring is 1. The average Bonchev–Trinajstić information content (AvgIpc) is 2.68. The second-order valence-electron chi connectivity index (χ2n) is 3.51. The molecule has 4 heteroatoms. The molecule has 2 N–H and O–H groups in total. The van der Waals surface area contributed by atoms with Crippen LogP contribution in [-0.2, 0) is 0 Å². The van der Waals surface area contributed by atoms with Crippen LogP contribution in [0.3, 0.4) is 0 Å². The number of hydrogen-bond acceptors (Lipinski definition) is 3. The van der Waals surface area contributed by atoms with Crippen LogP contribution in [0, 0.1) is 6.92 Å². The molecule has 1 aromatic carbocycles. The Bertz CT molecular complexity index is 546. The summed E-state index contributed by atoms with van der Waals surface area (Å²) in [6.45, 7) is 1.80. The number of furan rings is 1. The molecule has 0 atom stereocenters. The van der Waals surface area contributed by atoms with E-state index in [0.29, 0.717) is 16.8 Å². The van der Waals surface area contributed by atoms with Crippen molar-refractivity contribution in [2.24, 2.45) is 0 Å². The Balaban J connectivity index is 2.38. The summed E-state index contributed by atoms with van der Waals surface area (Å²) in [5, 5.41) is 0. The van der Waals surface area contributed by atoms with Crippen molar-refractivity contribution in [1.82, 2.24) is 0 Å². The van der Waals surface area contributed by atoms with E-state index in [1.165, 1.54) is 6.26 Å². The largest absolute Gasteiger partial charge is 0.469 e. The van der Waals surface area contributed by atoms with Crippen molar-refractivity contribution in [2.45, 2.75) is 6.92 Å². The van der Waals surface area contributed by atoms with Crippen LogP contribution in [-0.4, -0.2) is 5.78 Å². The van der Waals surface area contributed by atoms with Crippen molar-refractivity contribution in [3.63, 3.8) is 0 Å². The summed E-state index contributed by atoms with van der Waals surface area (Å²) >= 11 is 3.29. The van der Waals surface area contributed by atoms with E-state index in [2.05, 4.69) is 15.9 Å².